The van der Waals surface area contributed by atoms with E-state index in [2.05, 4.69) is 27.7 Å². The van der Waals surface area contributed by atoms with Crippen molar-refractivity contribution in [2.45, 2.75) is 70.7 Å². The van der Waals surface area contributed by atoms with Crippen LogP contribution in [0.3, 0.4) is 0 Å². The third kappa shape index (κ3) is 2.71. The highest BCUT2D eigenvalue weighted by Crippen LogP contribution is 2.41. The second-order valence-electron chi connectivity index (χ2n) is 7.33. The zero-order valence-electron chi connectivity index (χ0n) is 13.4. The van der Waals surface area contributed by atoms with E-state index in [0.717, 1.165) is 36.1 Å². The molecule has 0 radical (unpaired) electrons. The molecule has 0 aromatic heterocycles. The SMILES string of the molecule is CC1(C)CC(Oc2cccc3c2CCCC3=O)C(C)(C)O1. The van der Waals surface area contributed by atoms with Crippen LogP contribution in [0.1, 0.15) is 62.9 Å². The zero-order chi connectivity index (χ0) is 15.3. The van der Waals surface area contributed by atoms with Gasteiger partial charge in [-0.05, 0) is 46.6 Å². The summed E-state index contributed by atoms with van der Waals surface area (Å²) in [6.45, 7) is 8.35. The fourth-order valence-corrected chi connectivity index (χ4v) is 3.60. The van der Waals surface area contributed by atoms with Crippen LogP contribution < -0.4 is 4.74 Å². The van der Waals surface area contributed by atoms with E-state index < -0.39 is 0 Å². The van der Waals surface area contributed by atoms with Crippen molar-refractivity contribution < 1.29 is 14.3 Å². The van der Waals surface area contributed by atoms with Crippen LogP contribution in [0.15, 0.2) is 18.2 Å². The minimum Gasteiger partial charge on any atom is -0.487 e. The molecule has 3 nitrogen and oxygen atoms in total. The minimum atomic E-state index is -0.315. The lowest BCUT2D eigenvalue weighted by atomic mass is 9.89. The summed E-state index contributed by atoms with van der Waals surface area (Å²) in [6.07, 6.45) is 3.37. The van der Waals surface area contributed by atoms with Gasteiger partial charge in [-0.2, -0.15) is 0 Å². The van der Waals surface area contributed by atoms with Gasteiger partial charge >= 0.3 is 0 Å². The highest BCUT2D eigenvalue weighted by molar-refractivity contribution is 5.99. The van der Waals surface area contributed by atoms with E-state index >= 15 is 0 Å². The first-order valence-electron chi connectivity index (χ1n) is 7.80. The second kappa shape index (κ2) is 4.84. The molecule has 1 fully saturated rings. The predicted molar refractivity (Wildman–Crippen MR) is 82.0 cm³/mol. The number of rotatable bonds is 2. The molecular formula is C18H24O3. The topological polar surface area (TPSA) is 35.5 Å². The van der Waals surface area contributed by atoms with E-state index in [1.54, 1.807) is 0 Å². The van der Waals surface area contributed by atoms with Crippen LogP contribution in [0, 0.1) is 0 Å². The first-order chi connectivity index (χ1) is 9.78. The molecule has 114 valence electrons. The number of carbonyl (C=O) groups is 1. The highest BCUT2D eigenvalue weighted by Gasteiger charge is 2.47. The van der Waals surface area contributed by atoms with Crippen molar-refractivity contribution in [3.8, 4) is 5.75 Å². The maximum Gasteiger partial charge on any atom is 0.163 e. The molecule has 1 atom stereocenters. The van der Waals surface area contributed by atoms with Crippen molar-refractivity contribution in [1.29, 1.82) is 0 Å². The fourth-order valence-electron chi connectivity index (χ4n) is 3.60. The van der Waals surface area contributed by atoms with Crippen molar-refractivity contribution in [3.05, 3.63) is 29.3 Å². The number of carbonyl (C=O) groups excluding carboxylic acids is 1. The molecule has 2 aliphatic rings. The van der Waals surface area contributed by atoms with Gasteiger partial charge in [0, 0.05) is 24.0 Å². The summed E-state index contributed by atoms with van der Waals surface area (Å²) in [4.78, 5) is 12.0. The van der Waals surface area contributed by atoms with Crippen LogP contribution in [-0.4, -0.2) is 23.1 Å². The number of ketones is 1. The Bertz CT molecular complexity index is 572. The van der Waals surface area contributed by atoms with Crippen LogP contribution in [0.25, 0.3) is 0 Å². The van der Waals surface area contributed by atoms with Gasteiger partial charge in [0.05, 0.1) is 5.60 Å². The maximum absolute atomic E-state index is 12.0. The molecule has 21 heavy (non-hydrogen) atoms. The van der Waals surface area contributed by atoms with Crippen molar-refractivity contribution >= 4 is 5.78 Å². The molecule has 1 unspecified atom stereocenters. The summed E-state index contributed by atoms with van der Waals surface area (Å²) >= 11 is 0. The Morgan fingerprint density at radius 2 is 1.95 bits per heavy atom. The van der Waals surface area contributed by atoms with Crippen LogP contribution >= 0.6 is 0 Å². The summed E-state index contributed by atoms with van der Waals surface area (Å²) < 4.78 is 12.4. The van der Waals surface area contributed by atoms with Crippen molar-refractivity contribution in [3.63, 3.8) is 0 Å². The molecule has 0 N–H and O–H groups in total. The summed E-state index contributed by atoms with van der Waals surface area (Å²) in [5.74, 6) is 1.10. The Kier molecular flexibility index (Phi) is 3.36. The normalized spacial score (nSPS) is 26.5. The molecule has 1 aromatic rings. The van der Waals surface area contributed by atoms with Crippen molar-refractivity contribution in [1.82, 2.24) is 0 Å². The van der Waals surface area contributed by atoms with Crippen molar-refractivity contribution in [2.24, 2.45) is 0 Å². The Labute approximate surface area is 126 Å². The van der Waals surface area contributed by atoms with E-state index in [1.807, 2.05) is 18.2 Å². The van der Waals surface area contributed by atoms with E-state index in [0.29, 0.717) is 6.42 Å². The lowest BCUT2D eigenvalue weighted by Gasteiger charge is -2.29. The van der Waals surface area contributed by atoms with Crippen LogP contribution in [0.4, 0.5) is 0 Å². The minimum absolute atomic E-state index is 0.0102. The second-order valence-corrected chi connectivity index (χ2v) is 7.33. The molecular weight excluding hydrogens is 264 g/mol. The summed E-state index contributed by atoms with van der Waals surface area (Å²) in [5.41, 5.74) is 1.44. The highest BCUT2D eigenvalue weighted by atomic mass is 16.6. The van der Waals surface area contributed by atoms with E-state index in [4.69, 9.17) is 9.47 Å². The quantitative estimate of drug-likeness (QED) is 0.827. The van der Waals surface area contributed by atoms with Crippen LogP contribution in [0.5, 0.6) is 5.75 Å². The standard InChI is InChI=1S/C18H24O3/c1-17(2)11-16(18(3,4)21-17)20-15-10-6-7-12-13(15)8-5-9-14(12)19/h6-7,10,16H,5,8-9,11H2,1-4H3. The Morgan fingerprint density at radius 1 is 1.19 bits per heavy atom. The molecule has 0 amide bonds. The average molecular weight is 288 g/mol. The Hall–Kier alpha value is -1.35. The molecule has 1 aliphatic carbocycles. The molecule has 1 heterocycles. The van der Waals surface area contributed by atoms with Gasteiger partial charge in [0.15, 0.2) is 5.78 Å². The van der Waals surface area contributed by atoms with Gasteiger partial charge in [0.2, 0.25) is 0 Å². The van der Waals surface area contributed by atoms with Gasteiger partial charge in [-0.3, -0.25) is 4.79 Å². The predicted octanol–water partition coefficient (Wildman–Crippen LogP) is 3.93. The van der Waals surface area contributed by atoms with Gasteiger partial charge in [-0.1, -0.05) is 12.1 Å². The monoisotopic (exact) mass is 288 g/mol. The van der Waals surface area contributed by atoms with Crippen LogP contribution in [-0.2, 0) is 11.2 Å². The van der Waals surface area contributed by atoms with Crippen molar-refractivity contribution in [2.75, 3.05) is 0 Å². The average Bonchev–Trinajstić information content (AvgIpc) is 2.58. The number of fused-ring (bicyclic) bond motifs is 1. The van der Waals surface area contributed by atoms with Gasteiger partial charge < -0.3 is 9.47 Å². The number of hydrogen-bond acceptors (Lipinski definition) is 3. The molecule has 3 rings (SSSR count). The third-order valence-electron chi connectivity index (χ3n) is 4.53. The largest absolute Gasteiger partial charge is 0.487 e. The fraction of sp³-hybridized carbons (Fsp3) is 0.611. The number of ether oxygens (including phenoxy) is 2. The third-order valence-corrected chi connectivity index (χ3v) is 4.53. The number of benzene rings is 1. The number of hydrogen-bond donors (Lipinski definition) is 0. The Morgan fingerprint density at radius 3 is 2.62 bits per heavy atom. The van der Waals surface area contributed by atoms with Crippen LogP contribution in [0.2, 0.25) is 0 Å². The van der Waals surface area contributed by atoms with E-state index in [1.165, 1.54) is 0 Å². The molecule has 1 aromatic carbocycles. The molecule has 1 aliphatic heterocycles. The summed E-state index contributed by atoms with van der Waals surface area (Å²) in [7, 11) is 0. The van der Waals surface area contributed by atoms with Gasteiger partial charge in [0.1, 0.15) is 17.5 Å². The molecule has 3 heteroatoms. The first-order valence-corrected chi connectivity index (χ1v) is 7.80. The lowest BCUT2D eigenvalue weighted by molar-refractivity contribution is -0.0846. The van der Waals surface area contributed by atoms with Gasteiger partial charge in [-0.15, -0.1) is 0 Å². The smallest absolute Gasteiger partial charge is 0.163 e. The summed E-state index contributed by atoms with van der Waals surface area (Å²) in [6, 6.07) is 5.83. The number of Topliss-reactive ketones (excluding diaryl/α,β-unsaturated/α-hetero) is 1. The molecule has 0 spiro atoms. The van der Waals surface area contributed by atoms with E-state index in [-0.39, 0.29) is 23.1 Å². The van der Waals surface area contributed by atoms with Gasteiger partial charge in [-0.25, -0.2) is 0 Å². The maximum atomic E-state index is 12.0. The Balaban J connectivity index is 1.89. The molecule has 0 saturated carbocycles. The molecule has 0 bridgehead atoms. The van der Waals surface area contributed by atoms with Gasteiger partial charge in [0.25, 0.3) is 0 Å². The zero-order valence-corrected chi connectivity index (χ0v) is 13.4. The summed E-state index contributed by atoms with van der Waals surface area (Å²) in [5, 5.41) is 0. The lowest BCUT2D eigenvalue weighted by Crippen LogP contribution is -2.37. The van der Waals surface area contributed by atoms with E-state index in [9.17, 15) is 4.79 Å². The molecule has 1 saturated heterocycles. The first kappa shape index (κ1) is 14.6.